The Labute approximate surface area is 194 Å². The highest BCUT2D eigenvalue weighted by Crippen LogP contribution is 2.26. The van der Waals surface area contributed by atoms with E-state index in [9.17, 15) is 19.2 Å². The van der Waals surface area contributed by atoms with Crippen molar-refractivity contribution in [2.24, 2.45) is 5.73 Å². The number of carbonyl (C=O) groups excluding carboxylic acids is 4. The first kappa shape index (κ1) is 28.3. The van der Waals surface area contributed by atoms with Gasteiger partial charge < -0.3 is 25.8 Å². The van der Waals surface area contributed by atoms with Crippen LogP contribution in [0.4, 0.5) is 0 Å². The highest BCUT2D eigenvalue weighted by Gasteiger charge is 2.38. The van der Waals surface area contributed by atoms with E-state index in [1.807, 2.05) is 7.05 Å². The summed E-state index contributed by atoms with van der Waals surface area (Å²) in [5, 5.41) is 5.51. The first-order valence-corrected chi connectivity index (χ1v) is 12.3. The number of imide groups is 1. The fourth-order valence-electron chi connectivity index (χ4n) is 3.06. The van der Waals surface area contributed by atoms with E-state index in [0.29, 0.717) is 26.4 Å². The molecular weight excluding hydrogens is 436 g/mol. The van der Waals surface area contributed by atoms with E-state index in [2.05, 4.69) is 10.6 Å². The molecule has 0 radical (unpaired) electrons. The van der Waals surface area contributed by atoms with Gasteiger partial charge in [0.2, 0.25) is 23.6 Å². The van der Waals surface area contributed by atoms with Crippen LogP contribution in [0.1, 0.15) is 44.9 Å². The maximum absolute atomic E-state index is 12.5. The van der Waals surface area contributed by atoms with Crippen molar-refractivity contribution in [3.63, 3.8) is 0 Å². The third kappa shape index (κ3) is 13.0. The van der Waals surface area contributed by atoms with Crippen LogP contribution in [-0.4, -0.2) is 92.6 Å². The van der Waals surface area contributed by atoms with Crippen molar-refractivity contribution in [1.82, 2.24) is 15.5 Å². The highest BCUT2D eigenvalue weighted by molar-refractivity contribution is 8.00. The van der Waals surface area contributed by atoms with Gasteiger partial charge in [0.05, 0.1) is 31.7 Å². The van der Waals surface area contributed by atoms with Crippen molar-refractivity contribution in [3.05, 3.63) is 0 Å². The van der Waals surface area contributed by atoms with Gasteiger partial charge in [-0.1, -0.05) is 12.8 Å². The average Bonchev–Trinajstić information content (AvgIpc) is 3.02. The minimum Gasteiger partial charge on any atom is -0.379 e. The smallest absolute Gasteiger partial charge is 0.242 e. The Morgan fingerprint density at radius 1 is 1.03 bits per heavy atom. The summed E-state index contributed by atoms with van der Waals surface area (Å²) in [6, 6.07) is 0. The first-order valence-electron chi connectivity index (χ1n) is 11.3. The number of unbranched alkanes of at least 4 members (excludes halogenated alkanes) is 3. The lowest BCUT2D eigenvalue weighted by Gasteiger charge is -2.14. The van der Waals surface area contributed by atoms with Gasteiger partial charge in [0.15, 0.2) is 0 Å². The largest absolute Gasteiger partial charge is 0.379 e. The van der Waals surface area contributed by atoms with Crippen LogP contribution in [0, 0.1) is 0 Å². The zero-order chi connectivity index (χ0) is 23.6. The third-order valence-corrected chi connectivity index (χ3v) is 6.13. The fourth-order valence-corrected chi connectivity index (χ4v) is 4.25. The molecule has 1 rings (SSSR count). The molecular formula is C21H38N4O6S. The van der Waals surface area contributed by atoms with Crippen LogP contribution < -0.4 is 16.4 Å². The number of carbonyl (C=O) groups is 4. The van der Waals surface area contributed by atoms with Crippen LogP contribution in [0.2, 0.25) is 0 Å². The Balaban J connectivity index is 2.07. The Morgan fingerprint density at radius 3 is 2.47 bits per heavy atom. The first-order chi connectivity index (χ1) is 15.5. The number of likely N-dealkylation sites (tertiary alicyclic amines) is 1. The van der Waals surface area contributed by atoms with Gasteiger partial charge in [-0.25, -0.2) is 0 Å². The lowest BCUT2D eigenvalue weighted by molar-refractivity contribution is -0.138. The van der Waals surface area contributed by atoms with Gasteiger partial charge in [0.25, 0.3) is 0 Å². The molecule has 4 N–H and O–H groups in total. The molecule has 0 aromatic carbocycles. The lowest BCUT2D eigenvalue weighted by atomic mass is 10.2. The SMILES string of the molecule is CNCCCCCCSC1CC(=O)N(CCC(=O)NCCOCCOCCC(N)=O)C1=O. The molecule has 0 aromatic heterocycles. The van der Waals surface area contributed by atoms with E-state index in [0.717, 1.165) is 38.0 Å². The number of nitrogens with zero attached hydrogens (tertiary/aromatic N) is 1. The molecule has 32 heavy (non-hydrogen) atoms. The molecule has 10 nitrogen and oxygen atoms in total. The molecule has 0 spiro atoms. The van der Waals surface area contributed by atoms with E-state index >= 15 is 0 Å². The number of rotatable bonds is 20. The van der Waals surface area contributed by atoms with Crippen LogP contribution in [-0.2, 0) is 28.7 Å². The summed E-state index contributed by atoms with van der Waals surface area (Å²) < 4.78 is 10.5. The van der Waals surface area contributed by atoms with Crippen molar-refractivity contribution < 1.29 is 28.7 Å². The van der Waals surface area contributed by atoms with E-state index in [1.165, 1.54) is 4.90 Å². The van der Waals surface area contributed by atoms with E-state index < -0.39 is 5.91 Å². The molecule has 1 saturated heterocycles. The molecule has 0 aromatic rings. The van der Waals surface area contributed by atoms with E-state index in [4.69, 9.17) is 15.2 Å². The van der Waals surface area contributed by atoms with Crippen molar-refractivity contribution in [2.45, 2.75) is 50.2 Å². The Hall–Kier alpha value is -1.69. The van der Waals surface area contributed by atoms with Gasteiger partial charge in [-0.3, -0.25) is 24.1 Å². The predicted molar refractivity (Wildman–Crippen MR) is 123 cm³/mol. The molecule has 1 fully saturated rings. The molecule has 0 aliphatic carbocycles. The summed E-state index contributed by atoms with van der Waals surface area (Å²) in [6.45, 7) is 2.73. The van der Waals surface area contributed by atoms with Crippen LogP contribution in [0.3, 0.4) is 0 Å². The molecule has 1 aliphatic heterocycles. The second kappa shape index (κ2) is 17.8. The molecule has 1 aliphatic rings. The predicted octanol–water partition coefficient (Wildman–Crippen LogP) is 0.0418. The molecule has 11 heteroatoms. The molecule has 4 amide bonds. The van der Waals surface area contributed by atoms with Gasteiger partial charge >= 0.3 is 0 Å². The van der Waals surface area contributed by atoms with Crippen LogP contribution in [0.25, 0.3) is 0 Å². The summed E-state index contributed by atoms with van der Waals surface area (Å²) in [6.07, 6.45) is 4.95. The van der Waals surface area contributed by atoms with E-state index in [-0.39, 0.29) is 55.4 Å². The van der Waals surface area contributed by atoms with Gasteiger partial charge in [-0.05, 0) is 32.2 Å². The minimum atomic E-state index is -0.411. The maximum atomic E-state index is 12.5. The Morgan fingerprint density at radius 2 is 1.75 bits per heavy atom. The number of ether oxygens (including phenoxy) is 2. The monoisotopic (exact) mass is 474 g/mol. The second-order valence-corrected chi connectivity index (χ2v) is 8.82. The fraction of sp³-hybridized carbons (Fsp3) is 0.810. The summed E-state index contributed by atoms with van der Waals surface area (Å²) in [5.74, 6) is -0.152. The summed E-state index contributed by atoms with van der Waals surface area (Å²) in [4.78, 5) is 48.3. The molecule has 0 saturated carbocycles. The van der Waals surface area contributed by atoms with Crippen molar-refractivity contribution in [3.8, 4) is 0 Å². The van der Waals surface area contributed by atoms with Crippen LogP contribution >= 0.6 is 11.8 Å². The maximum Gasteiger partial charge on any atom is 0.242 e. The summed E-state index contributed by atoms with van der Waals surface area (Å²) in [7, 11) is 1.94. The number of hydrogen-bond acceptors (Lipinski definition) is 8. The minimum absolute atomic E-state index is 0.0799. The molecule has 1 heterocycles. The molecule has 1 unspecified atom stereocenters. The lowest BCUT2D eigenvalue weighted by Crippen LogP contribution is -2.36. The quantitative estimate of drug-likeness (QED) is 0.166. The second-order valence-electron chi connectivity index (χ2n) is 7.51. The topological polar surface area (TPSA) is 140 Å². The summed E-state index contributed by atoms with van der Waals surface area (Å²) in [5.41, 5.74) is 5.00. The van der Waals surface area contributed by atoms with Gasteiger partial charge in [-0.15, -0.1) is 11.8 Å². The van der Waals surface area contributed by atoms with Crippen molar-refractivity contribution >= 4 is 35.4 Å². The molecule has 184 valence electrons. The Kier molecular flexibility index (Phi) is 15.8. The van der Waals surface area contributed by atoms with Crippen LogP contribution in [0.15, 0.2) is 0 Å². The van der Waals surface area contributed by atoms with Gasteiger partial charge in [-0.2, -0.15) is 0 Å². The third-order valence-electron chi connectivity index (χ3n) is 4.84. The number of amides is 4. The van der Waals surface area contributed by atoms with E-state index in [1.54, 1.807) is 11.8 Å². The molecule has 0 bridgehead atoms. The highest BCUT2D eigenvalue weighted by atomic mass is 32.2. The van der Waals surface area contributed by atoms with Crippen molar-refractivity contribution in [2.75, 3.05) is 58.9 Å². The van der Waals surface area contributed by atoms with Gasteiger partial charge in [0, 0.05) is 32.4 Å². The molecule has 1 atom stereocenters. The number of nitrogens with two attached hydrogens (primary N) is 1. The summed E-state index contributed by atoms with van der Waals surface area (Å²) >= 11 is 1.55. The number of primary amides is 1. The standard InChI is InChI=1S/C21H38N4O6S/c1-23-8-4-2-3-5-15-32-17-16-20(28)25(21(17)29)10-6-19(27)24-9-12-31-14-13-30-11-7-18(22)26/h17,23H,2-16H2,1H3,(H2,22,26)(H,24,27). The number of hydrogen-bond donors (Lipinski definition) is 3. The zero-order valence-electron chi connectivity index (χ0n) is 19.1. The number of thioether (sulfide) groups is 1. The normalized spacial score (nSPS) is 16.0. The number of nitrogens with one attached hydrogen (secondary N) is 2. The zero-order valence-corrected chi connectivity index (χ0v) is 19.9. The average molecular weight is 475 g/mol. The Bertz CT molecular complexity index is 593. The van der Waals surface area contributed by atoms with Gasteiger partial charge in [0.1, 0.15) is 0 Å². The van der Waals surface area contributed by atoms with Crippen LogP contribution in [0.5, 0.6) is 0 Å². The van der Waals surface area contributed by atoms with Crippen molar-refractivity contribution in [1.29, 1.82) is 0 Å².